The van der Waals surface area contributed by atoms with Crippen molar-refractivity contribution in [1.29, 1.82) is 0 Å². The second kappa shape index (κ2) is 8.04. The largest absolute Gasteiger partial charge is 0.495 e. The number of carbonyl (C=O) groups is 1. The van der Waals surface area contributed by atoms with Crippen LogP contribution in [-0.2, 0) is 5.54 Å². The fraction of sp³-hybridized carbons (Fsp3) is 0.500. The van der Waals surface area contributed by atoms with Gasteiger partial charge in [-0.15, -0.1) is 0 Å². The van der Waals surface area contributed by atoms with Gasteiger partial charge in [0.15, 0.2) is 5.82 Å². The number of rotatable bonds is 5. The van der Waals surface area contributed by atoms with E-state index in [1.54, 1.807) is 19.1 Å². The highest BCUT2D eigenvalue weighted by Crippen LogP contribution is 2.38. The van der Waals surface area contributed by atoms with Gasteiger partial charge in [0.2, 0.25) is 0 Å². The molecule has 1 aromatic carbocycles. The van der Waals surface area contributed by atoms with Crippen LogP contribution in [0, 0.1) is 6.92 Å². The lowest BCUT2D eigenvalue weighted by atomic mass is 9.81. The summed E-state index contributed by atoms with van der Waals surface area (Å²) in [5.74, 6) is 1.89. The van der Waals surface area contributed by atoms with Crippen LogP contribution in [0.1, 0.15) is 43.8 Å². The van der Waals surface area contributed by atoms with Crippen molar-refractivity contribution in [2.45, 2.75) is 44.6 Å². The third-order valence-electron chi connectivity index (χ3n) is 4.72. The molecule has 0 atom stereocenters. The second-order valence-electron chi connectivity index (χ2n) is 6.56. The fourth-order valence-electron chi connectivity index (χ4n) is 3.37. The Kier molecular flexibility index (Phi) is 5.74. The first-order chi connectivity index (χ1) is 13.0. The highest BCUT2D eigenvalue weighted by molar-refractivity contribution is 6.32. The summed E-state index contributed by atoms with van der Waals surface area (Å²) in [5, 5.41) is 10.1. The monoisotopic (exact) mass is 394 g/mol. The van der Waals surface area contributed by atoms with E-state index in [0.29, 0.717) is 33.9 Å². The highest BCUT2D eigenvalue weighted by atomic mass is 35.5. The molecule has 0 bridgehead atoms. The molecule has 0 unspecified atom stereocenters. The van der Waals surface area contributed by atoms with Crippen molar-refractivity contribution in [2.75, 3.05) is 19.5 Å². The van der Waals surface area contributed by atoms with Crippen LogP contribution in [0.25, 0.3) is 0 Å². The minimum absolute atomic E-state index is 0.369. The quantitative estimate of drug-likeness (QED) is 0.794. The average Bonchev–Trinajstić information content (AvgIpc) is 3.10. The summed E-state index contributed by atoms with van der Waals surface area (Å²) < 4.78 is 15.9. The van der Waals surface area contributed by atoms with Crippen molar-refractivity contribution < 1.29 is 18.8 Å². The number of benzene rings is 1. The van der Waals surface area contributed by atoms with Crippen molar-refractivity contribution in [3.05, 3.63) is 28.9 Å². The SMILES string of the molecule is COc1cc(OC)c(NC(=O)NC2(c3nc(C)no3)CCCCC2)cc1Cl. The molecule has 1 saturated carbocycles. The van der Waals surface area contributed by atoms with Gasteiger partial charge in [-0.05, 0) is 25.8 Å². The summed E-state index contributed by atoms with van der Waals surface area (Å²) in [7, 11) is 3.02. The Labute approximate surface area is 162 Å². The lowest BCUT2D eigenvalue weighted by Crippen LogP contribution is -2.49. The van der Waals surface area contributed by atoms with E-state index in [1.807, 2.05) is 0 Å². The number of hydrogen-bond acceptors (Lipinski definition) is 6. The number of aromatic nitrogens is 2. The number of methoxy groups -OCH3 is 2. The zero-order chi connectivity index (χ0) is 19.4. The molecule has 1 heterocycles. The Balaban J connectivity index is 1.82. The van der Waals surface area contributed by atoms with Gasteiger partial charge >= 0.3 is 6.03 Å². The van der Waals surface area contributed by atoms with E-state index in [0.717, 1.165) is 32.1 Å². The number of hydrogen-bond donors (Lipinski definition) is 2. The van der Waals surface area contributed by atoms with Gasteiger partial charge in [0, 0.05) is 6.07 Å². The lowest BCUT2D eigenvalue weighted by Gasteiger charge is -2.34. The Bertz CT molecular complexity index is 818. The van der Waals surface area contributed by atoms with Gasteiger partial charge in [0.25, 0.3) is 5.89 Å². The number of nitrogens with zero attached hydrogens (tertiary/aromatic N) is 2. The third kappa shape index (κ3) is 4.10. The summed E-state index contributed by atoms with van der Waals surface area (Å²) in [6.45, 7) is 1.76. The third-order valence-corrected chi connectivity index (χ3v) is 5.01. The number of halogens is 1. The molecule has 0 radical (unpaired) electrons. The molecule has 2 aromatic rings. The van der Waals surface area contributed by atoms with Crippen LogP contribution in [0.3, 0.4) is 0 Å². The van der Waals surface area contributed by atoms with E-state index in [2.05, 4.69) is 20.8 Å². The maximum atomic E-state index is 12.8. The zero-order valence-corrected chi connectivity index (χ0v) is 16.4. The van der Waals surface area contributed by atoms with E-state index in [9.17, 15) is 4.79 Å². The smallest absolute Gasteiger partial charge is 0.320 e. The second-order valence-corrected chi connectivity index (χ2v) is 6.96. The summed E-state index contributed by atoms with van der Waals surface area (Å²) >= 11 is 6.17. The van der Waals surface area contributed by atoms with Gasteiger partial charge in [-0.1, -0.05) is 36.0 Å². The Morgan fingerprint density at radius 1 is 1.19 bits per heavy atom. The molecule has 8 nitrogen and oxygen atoms in total. The number of urea groups is 1. The van der Waals surface area contributed by atoms with Crippen LogP contribution < -0.4 is 20.1 Å². The molecule has 1 fully saturated rings. The van der Waals surface area contributed by atoms with Crippen molar-refractivity contribution >= 4 is 23.3 Å². The van der Waals surface area contributed by atoms with Crippen molar-refractivity contribution in [3.8, 4) is 11.5 Å². The molecule has 2 amide bonds. The van der Waals surface area contributed by atoms with Crippen LogP contribution in [0.15, 0.2) is 16.7 Å². The standard InChI is InChI=1S/C18H23ClN4O4/c1-11-20-16(27-23-11)18(7-5-4-6-8-18)22-17(24)21-13-9-12(19)14(25-2)10-15(13)26-3/h9-10H,4-8H2,1-3H3,(H2,21,22,24). The molecule has 27 heavy (non-hydrogen) atoms. The van der Waals surface area contributed by atoms with Gasteiger partial charge in [0.05, 0.1) is 24.9 Å². The van der Waals surface area contributed by atoms with Crippen LogP contribution in [-0.4, -0.2) is 30.4 Å². The molecule has 0 aliphatic heterocycles. The zero-order valence-electron chi connectivity index (χ0n) is 15.6. The van der Waals surface area contributed by atoms with Gasteiger partial charge in [-0.2, -0.15) is 4.98 Å². The van der Waals surface area contributed by atoms with Crippen molar-refractivity contribution in [3.63, 3.8) is 0 Å². The molecule has 3 rings (SSSR count). The fourth-order valence-corrected chi connectivity index (χ4v) is 3.61. The Morgan fingerprint density at radius 3 is 2.48 bits per heavy atom. The normalized spacial score (nSPS) is 15.9. The molecule has 2 N–H and O–H groups in total. The summed E-state index contributed by atoms with van der Waals surface area (Å²) in [6.07, 6.45) is 4.53. The minimum Gasteiger partial charge on any atom is -0.495 e. The molecule has 1 aliphatic carbocycles. The van der Waals surface area contributed by atoms with Gasteiger partial charge in [0.1, 0.15) is 17.0 Å². The van der Waals surface area contributed by atoms with Crippen LogP contribution in [0.5, 0.6) is 11.5 Å². The Morgan fingerprint density at radius 2 is 1.89 bits per heavy atom. The van der Waals surface area contributed by atoms with E-state index < -0.39 is 11.6 Å². The van der Waals surface area contributed by atoms with Crippen LogP contribution >= 0.6 is 11.6 Å². The molecule has 146 valence electrons. The molecule has 1 aliphatic rings. The summed E-state index contributed by atoms with van der Waals surface area (Å²) in [5.41, 5.74) is -0.235. The predicted molar refractivity (Wildman–Crippen MR) is 101 cm³/mol. The molecule has 1 aromatic heterocycles. The molecule has 0 saturated heterocycles. The van der Waals surface area contributed by atoms with Gasteiger partial charge in [-0.3, -0.25) is 0 Å². The lowest BCUT2D eigenvalue weighted by molar-refractivity contribution is 0.173. The van der Waals surface area contributed by atoms with E-state index >= 15 is 0 Å². The number of anilines is 1. The number of aryl methyl sites for hydroxylation is 1. The first-order valence-corrected chi connectivity index (χ1v) is 9.17. The van der Waals surface area contributed by atoms with Gasteiger partial charge in [-0.25, -0.2) is 4.79 Å². The molecular formula is C18H23ClN4O4. The molecule has 9 heteroatoms. The van der Waals surface area contributed by atoms with Gasteiger partial charge < -0.3 is 24.6 Å². The summed E-state index contributed by atoms with van der Waals surface area (Å²) in [6, 6.07) is 2.81. The maximum Gasteiger partial charge on any atom is 0.320 e. The topological polar surface area (TPSA) is 98.5 Å². The maximum absolute atomic E-state index is 12.8. The Hall–Kier alpha value is -2.48. The number of nitrogens with one attached hydrogen (secondary N) is 2. The highest BCUT2D eigenvalue weighted by Gasteiger charge is 2.40. The number of amides is 2. The van der Waals surface area contributed by atoms with E-state index in [1.165, 1.54) is 14.2 Å². The van der Waals surface area contributed by atoms with Crippen LogP contribution in [0.4, 0.5) is 10.5 Å². The van der Waals surface area contributed by atoms with E-state index in [-0.39, 0.29) is 0 Å². The molecule has 0 spiro atoms. The number of ether oxygens (including phenoxy) is 2. The first-order valence-electron chi connectivity index (χ1n) is 8.79. The van der Waals surface area contributed by atoms with Crippen molar-refractivity contribution in [2.24, 2.45) is 0 Å². The minimum atomic E-state index is -0.674. The molecular weight excluding hydrogens is 372 g/mol. The first kappa shape index (κ1) is 19.3. The van der Waals surface area contributed by atoms with E-state index in [4.69, 9.17) is 25.6 Å². The number of carbonyl (C=O) groups excluding carboxylic acids is 1. The summed E-state index contributed by atoms with van der Waals surface area (Å²) in [4.78, 5) is 17.1. The van der Waals surface area contributed by atoms with Crippen LogP contribution in [0.2, 0.25) is 5.02 Å². The predicted octanol–water partition coefficient (Wildman–Crippen LogP) is 4.03. The van der Waals surface area contributed by atoms with Crippen molar-refractivity contribution in [1.82, 2.24) is 15.5 Å². The average molecular weight is 395 g/mol.